The maximum Gasteiger partial charge on any atom is 0.172 e. The number of tetrazole rings is 1. The number of aromatic nitrogens is 4. The molecule has 0 spiro atoms. The Kier molecular flexibility index (Phi) is 8.51. The molecule has 0 radical (unpaired) electrons. The monoisotopic (exact) mass is 439 g/mol. The van der Waals surface area contributed by atoms with Crippen LogP contribution in [0, 0.1) is 5.92 Å². The van der Waals surface area contributed by atoms with Gasteiger partial charge in [0, 0.05) is 38.8 Å². The van der Waals surface area contributed by atoms with Gasteiger partial charge in [-0.25, -0.2) is 4.68 Å². The van der Waals surface area contributed by atoms with Crippen LogP contribution in [0.1, 0.15) is 70.2 Å². The molecule has 1 aromatic rings. The van der Waals surface area contributed by atoms with Crippen LogP contribution in [0.2, 0.25) is 0 Å². The number of piperazine rings is 1. The Balaban J connectivity index is 1.52. The van der Waals surface area contributed by atoms with Crippen molar-refractivity contribution >= 4 is 0 Å². The molecule has 7 heteroatoms. The molecule has 176 valence electrons. The maximum absolute atomic E-state index is 4.58. The normalized spacial score (nSPS) is 23.6. The topological polar surface area (TPSA) is 62.1 Å². The Bertz CT molecular complexity index is 769. The Morgan fingerprint density at radius 2 is 1.97 bits per heavy atom. The van der Waals surface area contributed by atoms with Gasteiger partial charge in [-0.2, -0.15) is 0 Å². The lowest BCUT2D eigenvalue weighted by molar-refractivity contribution is 0.0598. The molecule has 3 heterocycles. The van der Waals surface area contributed by atoms with Gasteiger partial charge in [0.2, 0.25) is 0 Å². The van der Waals surface area contributed by atoms with Gasteiger partial charge < -0.3 is 5.32 Å². The fourth-order valence-corrected chi connectivity index (χ4v) is 5.72. The molecule has 1 saturated carbocycles. The van der Waals surface area contributed by atoms with Crippen LogP contribution in [-0.4, -0.2) is 68.8 Å². The van der Waals surface area contributed by atoms with E-state index in [1.807, 2.05) is 10.8 Å². The summed E-state index contributed by atoms with van der Waals surface area (Å²) in [4.78, 5) is 5.37. The molecule has 7 nitrogen and oxygen atoms in total. The molecule has 2 fully saturated rings. The van der Waals surface area contributed by atoms with Crippen LogP contribution in [0.25, 0.3) is 0 Å². The van der Waals surface area contributed by atoms with Crippen molar-refractivity contribution in [1.82, 2.24) is 35.3 Å². The molecular weight excluding hydrogens is 398 g/mol. The highest BCUT2D eigenvalue weighted by atomic mass is 15.6. The summed E-state index contributed by atoms with van der Waals surface area (Å²) in [5.41, 5.74) is 1.42. The van der Waals surface area contributed by atoms with Crippen molar-refractivity contribution in [2.24, 2.45) is 5.92 Å². The molecule has 0 bridgehead atoms. The SMILES string of the molecule is C=CC[C@H](/C=C\C)Cn1nnnc1C(C1=CNCCC1)N1CCN(C2CCCCC2)CC1. The van der Waals surface area contributed by atoms with Crippen LogP contribution in [0.3, 0.4) is 0 Å². The second kappa shape index (κ2) is 11.8. The van der Waals surface area contributed by atoms with Crippen LogP contribution >= 0.6 is 0 Å². The summed E-state index contributed by atoms with van der Waals surface area (Å²) in [6, 6.07) is 0.951. The minimum Gasteiger partial charge on any atom is -0.391 e. The van der Waals surface area contributed by atoms with Gasteiger partial charge in [-0.3, -0.25) is 9.80 Å². The zero-order chi connectivity index (χ0) is 22.2. The summed E-state index contributed by atoms with van der Waals surface area (Å²) in [5, 5.41) is 16.6. The van der Waals surface area contributed by atoms with E-state index in [4.69, 9.17) is 0 Å². The summed E-state index contributed by atoms with van der Waals surface area (Å²) in [5.74, 6) is 1.35. The van der Waals surface area contributed by atoms with Gasteiger partial charge in [-0.05, 0) is 67.1 Å². The fraction of sp³-hybridized carbons (Fsp3) is 0.720. The Morgan fingerprint density at radius 3 is 2.66 bits per heavy atom. The number of hydrogen-bond acceptors (Lipinski definition) is 6. The van der Waals surface area contributed by atoms with E-state index in [-0.39, 0.29) is 6.04 Å². The van der Waals surface area contributed by atoms with E-state index in [0.717, 1.165) is 64.0 Å². The van der Waals surface area contributed by atoms with Gasteiger partial charge in [-0.15, -0.1) is 11.7 Å². The number of nitrogens with one attached hydrogen (secondary N) is 1. The van der Waals surface area contributed by atoms with E-state index >= 15 is 0 Å². The molecule has 1 aliphatic carbocycles. The Morgan fingerprint density at radius 1 is 1.16 bits per heavy atom. The smallest absolute Gasteiger partial charge is 0.172 e. The lowest BCUT2D eigenvalue weighted by Gasteiger charge is -2.43. The zero-order valence-electron chi connectivity index (χ0n) is 19.8. The highest BCUT2D eigenvalue weighted by Crippen LogP contribution is 2.33. The Labute approximate surface area is 193 Å². The minimum absolute atomic E-state index is 0.154. The standard InChI is InChI=1S/C25H41N7/c1-3-9-21(10-4-2)20-32-25(27-28-29-32)24(22-11-8-14-26-19-22)31-17-15-30(16-18-31)23-12-6-5-7-13-23/h3-4,10,19,21,23-24,26H,1,5-9,11-18,20H2,2H3/b10-4-/t21-,24?/m1/s1. The van der Waals surface area contributed by atoms with E-state index < -0.39 is 0 Å². The molecule has 1 N–H and O–H groups in total. The first-order chi connectivity index (χ1) is 15.8. The molecule has 1 unspecified atom stereocenters. The van der Waals surface area contributed by atoms with Gasteiger partial charge in [0.05, 0.1) is 12.6 Å². The van der Waals surface area contributed by atoms with Gasteiger partial charge >= 0.3 is 0 Å². The van der Waals surface area contributed by atoms with Crippen LogP contribution in [0.5, 0.6) is 0 Å². The molecule has 2 aliphatic heterocycles. The van der Waals surface area contributed by atoms with E-state index in [1.165, 1.54) is 44.1 Å². The summed E-state index contributed by atoms with van der Waals surface area (Å²) in [6.45, 7) is 12.3. The highest BCUT2D eigenvalue weighted by molar-refractivity contribution is 5.19. The fourth-order valence-electron chi connectivity index (χ4n) is 5.72. The third-order valence-electron chi connectivity index (χ3n) is 7.38. The van der Waals surface area contributed by atoms with Crippen LogP contribution in [0.4, 0.5) is 0 Å². The number of rotatable bonds is 9. The molecule has 1 aromatic heterocycles. The summed E-state index contributed by atoms with van der Waals surface area (Å²) in [6.07, 6.45) is 18.8. The van der Waals surface area contributed by atoms with E-state index in [1.54, 1.807) is 0 Å². The average Bonchev–Trinajstić information content (AvgIpc) is 3.29. The molecule has 2 atom stereocenters. The van der Waals surface area contributed by atoms with Crippen LogP contribution in [0.15, 0.2) is 36.6 Å². The lowest BCUT2D eigenvalue weighted by atomic mass is 9.93. The van der Waals surface area contributed by atoms with Crippen molar-refractivity contribution in [3.63, 3.8) is 0 Å². The van der Waals surface area contributed by atoms with E-state index in [0.29, 0.717) is 5.92 Å². The molecular formula is C25H41N7. The third-order valence-corrected chi connectivity index (χ3v) is 7.38. The largest absolute Gasteiger partial charge is 0.391 e. The minimum atomic E-state index is 0.154. The summed E-state index contributed by atoms with van der Waals surface area (Å²) >= 11 is 0. The van der Waals surface area contributed by atoms with Crippen LogP contribution in [-0.2, 0) is 6.54 Å². The second-order valence-corrected chi connectivity index (χ2v) is 9.57. The second-order valence-electron chi connectivity index (χ2n) is 9.57. The lowest BCUT2D eigenvalue weighted by Crippen LogP contribution is -2.52. The van der Waals surface area contributed by atoms with Gasteiger partial charge in [0.25, 0.3) is 0 Å². The first kappa shape index (κ1) is 23.2. The van der Waals surface area contributed by atoms with Crippen molar-refractivity contribution in [1.29, 1.82) is 0 Å². The summed E-state index contributed by atoms with van der Waals surface area (Å²) in [7, 11) is 0. The molecule has 0 amide bonds. The van der Waals surface area contributed by atoms with Gasteiger partial charge in [-0.1, -0.05) is 37.5 Å². The van der Waals surface area contributed by atoms with E-state index in [2.05, 4.69) is 62.5 Å². The Hall–Kier alpha value is -1.99. The first-order valence-corrected chi connectivity index (χ1v) is 12.7. The van der Waals surface area contributed by atoms with Crippen LogP contribution < -0.4 is 5.32 Å². The van der Waals surface area contributed by atoms with E-state index in [9.17, 15) is 0 Å². The summed E-state index contributed by atoms with van der Waals surface area (Å²) < 4.78 is 2.04. The number of nitrogens with zero attached hydrogens (tertiary/aromatic N) is 6. The highest BCUT2D eigenvalue weighted by Gasteiger charge is 2.34. The van der Waals surface area contributed by atoms with Crippen molar-refractivity contribution in [2.75, 3.05) is 32.7 Å². The van der Waals surface area contributed by atoms with Crippen molar-refractivity contribution in [2.45, 2.75) is 76.9 Å². The molecule has 32 heavy (non-hydrogen) atoms. The third kappa shape index (κ3) is 5.67. The molecule has 3 aliphatic rings. The first-order valence-electron chi connectivity index (χ1n) is 12.7. The molecule has 4 rings (SSSR count). The van der Waals surface area contributed by atoms with Crippen molar-refractivity contribution < 1.29 is 0 Å². The maximum atomic E-state index is 4.58. The molecule has 0 aromatic carbocycles. The van der Waals surface area contributed by atoms with Gasteiger partial charge in [0.1, 0.15) is 0 Å². The molecule has 1 saturated heterocycles. The zero-order valence-corrected chi connectivity index (χ0v) is 19.8. The van der Waals surface area contributed by atoms with Crippen molar-refractivity contribution in [3.05, 3.63) is 42.4 Å². The number of hydrogen-bond donors (Lipinski definition) is 1. The average molecular weight is 440 g/mol. The van der Waals surface area contributed by atoms with Gasteiger partial charge in [0.15, 0.2) is 5.82 Å². The quantitative estimate of drug-likeness (QED) is 0.592. The number of allylic oxidation sites excluding steroid dienone is 3. The predicted octanol–water partition coefficient (Wildman–Crippen LogP) is 3.70. The predicted molar refractivity (Wildman–Crippen MR) is 129 cm³/mol. The van der Waals surface area contributed by atoms with Crippen molar-refractivity contribution in [3.8, 4) is 0 Å².